The minimum absolute atomic E-state index is 0.213. The minimum Gasteiger partial charge on any atom is -0.496 e. The van der Waals surface area contributed by atoms with Gasteiger partial charge >= 0.3 is 5.97 Å². The van der Waals surface area contributed by atoms with E-state index in [-0.39, 0.29) is 12.2 Å². The van der Waals surface area contributed by atoms with E-state index in [0.29, 0.717) is 26.4 Å². The fourth-order valence-corrected chi connectivity index (χ4v) is 6.16. The molecule has 0 radical (unpaired) electrons. The Balaban J connectivity index is 1.76. The predicted molar refractivity (Wildman–Crippen MR) is 144 cm³/mol. The number of hydrogen-bond donors (Lipinski definition) is 1. The minimum atomic E-state index is -0.686. The Labute approximate surface area is 219 Å². The summed E-state index contributed by atoms with van der Waals surface area (Å²) in [7, 11) is 1.59. The number of rotatable bonds is 5. The summed E-state index contributed by atoms with van der Waals surface area (Å²) in [5, 5.41) is 1.04. The molecule has 1 aliphatic heterocycles. The maximum Gasteiger partial charge on any atom is 0.338 e. The van der Waals surface area contributed by atoms with Crippen LogP contribution < -0.4 is 19.6 Å². The standard InChI is InChI=1S/C27H24BrN3O4S/c1-5-35-26(33)23-15(3)30-27-31(24(23)16-10-11-21(34-4)19(28)12-16)25(32)22(36-27)13-18-14(2)29-20-9-7-6-8-17(18)20/h6-13,24,29H,5H2,1-4H3/b22-13+/t24-/m0/s1. The molecule has 9 heteroatoms. The van der Waals surface area contributed by atoms with Gasteiger partial charge in [0.25, 0.3) is 5.56 Å². The smallest absolute Gasteiger partial charge is 0.338 e. The molecule has 0 spiro atoms. The molecule has 0 unspecified atom stereocenters. The van der Waals surface area contributed by atoms with E-state index in [1.807, 2.05) is 55.5 Å². The molecule has 1 aliphatic rings. The number of methoxy groups -OCH3 is 1. The normalized spacial score (nSPS) is 15.7. The molecule has 3 heterocycles. The van der Waals surface area contributed by atoms with Crippen LogP contribution in [0.25, 0.3) is 17.0 Å². The van der Waals surface area contributed by atoms with Crippen molar-refractivity contribution in [3.63, 3.8) is 0 Å². The molecule has 5 rings (SSSR count). The second-order valence-electron chi connectivity index (χ2n) is 8.41. The van der Waals surface area contributed by atoms with Gasteiger partial charge in [-0.15, -0.1) is 0 Å². The van der Waals surface area contributed by atoms with E-state index in [9.17, 15) is 9.59 Å². The van der Waals surface area contributed by atoms with Crippen molar-refractivity contribution in [2.24, 2.45) is 4.99 Å². The van der Waals surface area contributed by atoms with Crippen molar-refractivity contribution in [2.45, 2.75) is 26.8 Å². The Morgan fingerprint density at radius 3 is 2.75 bits per heavy atom. The number of fused-ring (bicyclic) bond motifs is 2. The van der Waals surface area contributed by atoms with Crippen LogP contribution >= 0.6 is 27.3 Å². The molecule has 0 saturated heterocycles. The predicted octanol–water partition coefficient (Wildman–Crippen LogP) is 4.36. The fraction of sp³-hybridized carbons (Fsp3) is 0.222. The van der Waals surface area contributed by atoms with Gasteiger partial charge in [-0.05, 0) is 66.5 Å². The average molecular weight is 566 g/mol. The molecule has 0 aliphatic carbocycles. The van der Waals surface area contributed by atoms with Gasteiger partial charge in [0.05, 0.1) is 40.0 Å². The van der Waals surface area contributed by atoms with Crippen molar-refractivity contribution in [1.29, 1.82) is 0 Å². The van der Waals surface area contributed by atoms with Crippen molar-refractivity contribution >= 4 is 50.2 Å². The maximum absolute atomic E-state index is 13.9. The van der Waals surface area contributed by atoms with Crippen LogP contribution in [0.4, 0.5) is 0 Å². The van der Waals surface area contributed by atoms with Crippen LogP contribution in [0.2, 0.25) is 0 Å². The number of thiazole rings is 1. The van der Waals surface area contributed by atoms with Gasteiger partial charge in [0.2, 0.25) is 0 Å². The van der Waals surface area contributed by atoms with Gasteiger partial charge in [0, 0.05) is 22.2 Å². The molecule has 1 atom stereocenters. The highest BCUT2D eigenvalue weighted by atomic mass is 79.9. The monoisotopic (exact) mass is 565 g/mol. The number of aromatic amines is 1. The Bertz CT molecular complexity index is 1730. The highest BCUT2D eigenvalue weighted by Crippen LogP contribution is 2.35. The Hall–Kier alpha value is -3.43. The molecule has 2 aromatic heterocycles. The van der Waals surface area contributed by atoms with Gasteiger partial charge in [-0.3, -0.25) is 9.36 Å². The van der Waals surface area contributed by atoms with E-state index < -0.39 is 12.0 Å². The summed E-state index contributed by atoms with van der Waals surface area (Å²) in [4.78, 5) is 35.5. The topological polar surface area (TPSA) is 85.7 Å². The molecular weight excluding hydrogens is 542 g/mol. The van der Waals surface area contributed by atoms with Crippen molar-refractivity contribution < 1.29 is 14.3 Å². The number of nitrogens with zero attached hydrogens (tertiary/aromatic N) is 2. The van der Waals surface area contributed by atoms with Crippen LogP contribution in [0, 0.1) is 6.92 Å². The summed E-state index contributed by atoms with van der Waals surface area (Å²) in [5.74, 6) is 0.164. The largest absolute Gasteiger partial charge is 0.496 e. The van der Waals surface area contributed by atoms with Crippen molar-refractivity contribution in [3.8, 4) is 5.75 Å². The van der Waals surface area contributed by atoms with Crippen molar-refractivity contribution in [3.05, 3.63) is 94.7 Å². The second-order valence-corrected chi connectivity index (χ2v) is 10.3. The van der Waals surface area contributed by atoms with Crippen molar-refractivity contribution in [1.82, 2.24) is 9.55 Å². The van der Waals surface area contributed by atoms with E-state index in [2.05, 4.69) is 25.9 Å². The molecule has 0 bridgehead atoms. The first-order valence-corrected chi connectivity index (χ1v) is 13.0. The number of hydrogen-bond acceptors (Lipinski definition) is 6. The number of carbonyl (C=O) groups is 1. The molecular formula is C27H24BrN3O4S. The third-order valence-corrected chi connectivity index (χ3v) is 7.83. The zero-order valence-electron chi connectivity index (χ0n) is 20.2. The summed E-state index contributed by atoms with van der Waals surface area (Å²) in [6.45, 7) is 5.74. The third-order valence-electron chi connectivity index (χ3n) is 6.23. The van der Waals surface area contributed by atoms with Crippen LogP contribution in [0.3, 0.4) is 0 Å². The highest BCUT2D eigenvalue weighted by Gasteiger charge is 2.33. The van der Waals surface area contributed by atoms with Crippen LogP contribution in [-0.2, 0) is 9.53 Å². The van der Waals surface area contributed by atoms with Crippen LogP contribution in [0.15, 0.2) is 68.0 Å². The Kier molecular flexibility index (Phi) is 6.44. The fourth-order valence-electron chi connectivity index (χ4n) is 4.58. The van der Waals surface area contributed by atoms with E-state index in [1.165, 1.54) is 11.3 Å². The first kappa shape index (κ1) is 24.3. The summed E-state index contributed by atoms with van der Waals surface area (Å²) in [6, 6.07) is 12.8. The second kappa shape index (κ2) is 9.55. The quantitative estimate of drug-likeness (QED) is 0.364. The lowest BCUT2D eigenvalue weighted by Gasteiger charge is -2.25. The average Bonchev–Trinajstić information content (AvgIpc) is 3.34. The molecule has 7 nitrogen and oxygen atoms in total. The number of H-pyrrole nitrogens is 1. The van der Waals surface area contributed by atoms with Gasteiger partial charge < -0.3 is 14.5 Å². The number of ether oxygens (including phenoxy) is 2. The summed E-state index contributed by atoms with van der Waals surface area (Å²) in [5.41, 5.74) is 4.35. The lowest BCUT2D eigenvalue weighted by atomic mass is 9.96. The number of esters is 1. The molecule has 0 amide bonds. The zero-order chi connectivity index (χ0) is 25.6. The SMILES string of the molecule is CCOC(=O)C1=C(C)N=c2s/c(=C/c3c(C)[nH]c4ccccc34)c(=O)n2[C@H]1c1ccc(OC)c(Br)c1. The summed E-state index contributed by atoms with van der Waals surface area (Å²) >= 11 is 4.85. The van der Waals surface area contributed by atoms with Gasteiger partial charge in [-0.25, -0.2) is 9.79 Å². The van der Waals surface area contributed by atoms with Crippen LogP contribution in [0.5, 0.6) is 5.75 Å². The highest BCUT2D eigenvalue weighted by molar-refractivity contribution is 9.10. The number of carbonyl (C=O) groups excluding carboxylic acids is 1. The first-order chi connectivity index (χ1) is 17.3. The number of nitrogens with one attached hydrogen (secondary N) is 1. The van der Waals surface area contributed by atoms with Crippen molar-refractivity contribution in [2.75, 3.05) is 13.7 Å². The summed E-state index contributed by atoms with van der Waals surface area (Å²) in [6.07, 6.45) is 1.91. The Morgan fingerprint density at radius 1 is 1.25 bits per heavy atom. The molecule has 36 heavy (non-hydrogen) atoms. The number of aryl methyl sites for hydroxylation is 1. The molecule has 4 aromatic rings. The lowest BCUT2D eigenvalue weighted by Crippen LogP contribution is -2.40. The number of para-hydroxylation sites is 1. The van der Waals surface area contributed by atoms with Gasteiger partial charge in [-0.2, -0.15) is 0 Å². The number of halogens is 1. The Morgan fingerprint density at radius 2 is 2.03 bits per heavy atom. The van der Waals surface area contributed by atoms with E-state index in [0.717, 1.165) is 32.2 Å². The van der Waals surface area contributed by atoms with E-state index in [4.69, 9.17) is 9.47 Å². The third kappa shape index (κ3) is 4.02. The molecule has 2 aromatic carbocycles. The number of aromatic nitrogens is 2. The number of benzene rings is 2. The molecule has 184 valence electrons. The maximum atomic E-state index is 13.9. The molecule has 0 saturated carbocycles. The van der Waals surface area contributed by atoms with E-state index >= 15 is 0 Å². The van der Waals surface area contributed by atoms with Gasteiger partial charge in [0.1, 0.15) is 5.75 Å². The van der Waals surface area contributed by atoms with Crippen LogP contribution in [-0.4, -0.2) is 29.2 Å². The van der Waals surface area contributed by atoms with Gasteiger partial charge in [0.15, 0.2) is 4.80 Å². The molecule has 1 N–H and O–H groups in total. The van der Waals surface area contributed by atoms with E-state index in [1.54, 1.807) is 25.5 Å². The van der Waals surface area contributed by atoms with Gasteiger partial charge in [-0.1, -0.05) is 35.6 Å². The molecule has 0 fully saturated rings. The lowest BCUT2D eigenvalue weighted by molar-refractivity contribution is -0.139. The summed E-state index contributed by atoms with van der Waals surface area (Å²) < 4.78 is 13.6. The zero-order valence-corrected chi connectivity index (χ0v) is 22.6. The van der Waals surface area contributed by atoms with Crippen LogP contribution in [0.1, 0.15) is 36.7 Å². The number of allylic oxidation sites excluding steroid dienone is 1. The first-order valence-electron chi connectivity index (χ1n) is 11.4.